The molecule has 0 amide bonds. The summed E-state index contributed by atoms with van der Waals surface area (Å²) in [7, 11) is 0. The normalized spacial score (nSPS) is 25.1. The highest BCUT2D eigenvalue weighted by molar-refractivity contribution is 7.99. The maximum absolute atomic E-state index is 13.8. The van der Waals surface area contributed by atoms with Crippen molar-refractivity contribution < 1.29 is 18.7 Å². The summed E-state index contributed by atoms with van der Waals surface area (Å²) in [5.41, 5.74) is 0. The molecule has 1 N–H and O–H groups in total. The Morgan fingerprint density at radius 3 is 2.71 bits per heavy atom. The van der Waals surface area contributed by atoms with Crippen molar-refractivity contribution in [2.24, 2.45) is 5.92 Å². The van der Waals surface area contributed by atoms with Gasteiger partial charge < -0.3 is 5.11 Å². The quantitative estimate of drug-likeness (QED) is 0.829. The van der Waals surface area contributed by atoms with Crippen molar-refractivity contribution in [2.75, 3.05) is 24.6 Å². The molecule has 0 aliphatic carbocycles. The molecule has 0 saturated carbocycles. The molecule has 1 aliphatic heterocycles. The summed E-state index contributed by atoms with van der Waals surface area (Å²) in [4.78, 5) is 12.1. The number of nitrogens with zero attached hydrogens (tertiary/aromatic N) is 1. The van der Waals surface area contributed by atoms with Gasteiger partial charge in [-0.05, 0) is 26.8 Å². The third-order valence-corrected chi connectivity index (χ3v) is 4.14. The molecule has 1 heterocycles. The molecular formula is C11H19F2NO2S. The van der Waals surface area contributed by atoms with E-state index in [0.717, 1.165) is 11.8 Å². The van der Waals surface area contributed by atoms with Gasteiger partial charge in [-0.3, -0.25) is 9.69 Å². The Balaban J connectivity index is 2.44. The molecule has 0 radical (unpaired) electrons. The zero-order valence-electron chi connectivity index (χ0n) is 10.2. The van der Waals surface area contributed by atoms with Crippen LogP contribution in [0.1, 0.15) is 20.3 Å². The van der Waals surface area contributed by atoms with Gasteiger partial charge >= 0.3 is 5.97 Å². The van der Waals surface area contributed by atoms with Gasteiger partial charge in [0.1, 0.15) is 0 Å². The molecule has 1 rings (SSSR count). The number of hydrogen-bond donors (Lipinski definition) is 1. The maximum atomic E-state index is 13.8. The molecule has 0 bridgehead atoms. The van der Waals surface area contributed by atoms with E-state index < -0.39 is 17.8 Å². The fourth-order valence-electron chi connectivity index (χ4n) is 1.95. The van der Waals surface area contributed by atoms with E-state index in [9.17, 15) is 13.6 Å². The van der Waals surface area contributed by atoms with Crippen molar-refractivity contribution in [1.29, 1.82) is 0 Å². The number of halogens is 2. The van der Waals surface area contributed by atoms with Crippen LogP contribution in [0.3, 0.4) is 0 Å². The predicted molar refractivity (Wildman–Crippen MR) is 64.7 cm³/mol. The second kappa shape index (κ2) is 6.00. The molecule has 1 atom stereocenters. The SMILES string of the molecule is CC(C)N1CCC(CSCC(=O)O)C(F)(F)C1. The lowest BCUT2D eigenvalue weighted by Gasteiger charge is -2.40. The van der Waals surface area contributed by atoms with Gasteiger partial charge in [0.15, 0.2) is 0 Å². The first-order valence-corrected chi connectivity index (χ1v) is 6.90. The van der Waals surface area contributed by atoms with Gasteiger partial charge in [0.05, 0.1) is 12.3 Å². The van der Waals surface area contributed by atoms with Crippen molar-refractivity contribution in [3.63, 3.8) is 0 Å². The van der Waals surface area contributed by atoms with Gasteiger partial charge in [-0.15, -0.1) is 11.8 Å². The molecule has 1 aliphatic rings. The topological polar surface area (TPSA) is 40.5 Å². The van der Waals surface area contributed by atoms with Gasteiger partial charge in [-0.2, -0.15) is 0 Å². The fourth-order valence-corrected chi connectivity index (χ4v) is 2.93. The van der Waals surface area contributed by atoms with Gasteiger partial charge in [-0.1, -0.05) is 0 Å². The van der Waals surface area contributed by atoms with Crippen molar-refractivity contribution in [1.82, 2.24) is 4.90 Å². The lowest BCUT2D eigenvalue weighted by Crippen LogP contribution is -2.51. The summed E-state index contributed by atoms with van der Waals surface area (Å²) in [6.45, 7) is 4.29. The van der Waals surface area contributed by atoms with Crippen LogP contribution in [0.2, 0.25) is 0 Å². The van der Waals surface area contributed by atoms with E-state index >= 15 is 0 Å². The Bertz CT molecular complexity index is 274. The van der Waals surface area contributed by atoms with E-state index in [-0.39, 0.29) is 24.1 Å². The summed E-state index contributed by atoms with van der Waals surface area (Å²) in [5, 5.41) is 8.47. The molecule has 3 nitrogen and oxygen atoms in total. The molecule has 1 fully saturated rings. The number of hydrogen-bond acceptors (Lipinski definition) is 3. The van der Waals surface area contributed by atoms with Crippen molar-refractivity contribution in [3.05, 3.63) is 0 Å². The van der Waals surface area contributed by atoms with Crippen LogP contribution < -0.4 is 0 Å². The Labute approximate surface area is 105 Å². The van der Waals surface area contributed by atoms with E-state index in [1.54, 1.807) is 4.90 Å². The predicted octanol–water partition coefficient (Wildman–Crippen LogP) is 2.17. The molecule has 0 spiro atoms. The second-order valence-corrected chi connectivity index (χ2v) is 5.75. The number of thioether (sulfide) groups is 1. The second-order valence-electron chi connectivity index (χ2n) is 4.72. The summed E-state index contributed by atoms with van der Waals surface area (Å²) in [6, 6.07) is 0.133. The molecule has 100 valence electrons. The number of aliphatic carboxylic acids is 1. The number of carboxylic acid groups (broad SMARTS) is 1. The van der Waals surface area contributed by atoms with Gasteiger partial charge in [0.2, 0.25) is 0 Å². The molecule has 1 unspecified atom stereocenters. The van der Waals surface area contributed by atoms with Crippen molar-refractivity contribution in [2.45, 2.75) is 32.2 Å². The maximum Gasteiger partial charge on any atom is 0.313 e. The van der Waals surface area contributed by atoms with Crippen LogP contribution >= 0.6 is 11.8 Å². The van der Waals surface area contributed by atoms with Crippen molar-refractivity contribution in [3.8, 4) is 0 Å². The lowest BCUT2D eigenvalue weighted by molar-refractivity contribution is -0.134. The molecular weight excluding hydrogens is 248 g/mol. The zero-order chi connectivity index (χ0) is 13.1. The van der Waals surface area contributed by atoms with Crippen molar-refractivity contribution >= 4 is 17.7 Å². The van der Waals surface area contributed by atoms with Gasteiger partial charge in [0, 0.05) is 17.7 Å². The zero-order valence-corrected chi connectivity index (χ0v) is 11.0. The number of rotatable bonds is 5. The number of piperidine rings is 1. The van der Waals surface area contributed by atoms with Crippen LogP contribution in [0.15, 0.2) is 0 Å². The average Bonchev–Trinajstić information content (AvgIpc) is 2.19. The number of alkyl halides is 2. The Morgan fingerprint density at radius 1 is 1.59 bits per heavy atom. The lowest BCUT2D eigenvalue weighted by atomic mass is 9.94. The fraction of sp³-hybridized carbons (Fsp3) is 0.909. The minimum atomic E-state index is -2.70. The van der Waals surface area contributed by atoms with Crippen LogP contribution in [0.5, 0.6) is 0 Å². The number of carboxylic acids is 1. The average molecular weight is 267 g/mol. The molecule has 0 aromatic rings. The monoisotopic (exact) mass is 267 g/mol. The first-order chi connectivity index (χ1) is 7.83. The molecule has 1 saturated heterocycles. The Morgan fingerprint density at radius 2 is 2.24 bits per heavy atom. The number of likely N-dealkylation sites (tertiary alicyclic amines) is 1. The first-order valence-electron chi connectivity index (χ1n) is 5.74. The first kappa shape index (κ1) is 14.7. The van der Waals surface area contributed by atoms with E-state index in [1.807, 2.05) is 13.8 Å². The third-order valence-electron chi connectivity index (χ3n) is 3.05. The third kappa shape index (κ3) is 4.43. The van der Waals surface area contributed by atoms with Crippen LogP contribution in [-0.2, 0) is 4.79 Å². The molecule has 0 aromatic heterocycles. The summed E-state index contributed by atoms with van der Waals surface area (Å²) in [6.07, 6.45) is 0.442. The highest BCUT2D eigenvalue weighted by Gasteiger charge is 2.44. The van der Waals surface area contributed by atoms with E-state index in [4.69, 9.17) is 5.11 Å². The highest BCUT2D eigenvalue weighted by Crippen LogP contribution is 2.35. The minimum absolute atomic E-state index is 0.0968. The standard InChI is InChI=1S/C11H19F2NO2S/c1-8(2)14-4-3-9(11(12,13)7-14)5-17-6-10(15)16/h8-9H,3-7H2,1-2H3,(H,15,16). The van der Waals surface area contributed by atoms with Gasteiger partial charge in [0.25, 0.3) is 5.92 Å². The van der Waals surface area contributed by atoms with Crippen LogP contribution in [0, 0.1) is 5.92 Å². The molecule has 0 aromatic carbocycles. The van der Waals surface area contributed by atoms with E-state index in [1.165, 1.54) is 0 Å². The Hall–Kier alpha value is -0.360. The summed E-state index contributed by atoms with van der Waals surface area (Å²) < 4.78 is 27.6. The largest absolute Gasteiger partial charge is 0.481 e. The Kier molecular flexibility index (Phi) is 5.19. The summed E-state index contributed by atoms with van der Waals surface area (Å²) >= 11 is 1.08. The highest BCUT2D eigenvalue weighted by atomic mass is 32.2. The van der Waals surface area contributed by atoms with Crippen LogP contribution in [0.4, 0.5) is 8.78 Å². The summed E-state index contributed by atoms with van der Waals surface area (Å²) in [5.74, 6) is -4.21. The van der Waals surface area contributed by atoms with Crippen LogP contribution in [-0.4, -0.2) is 52.5 Å². The molecule has 6 heteroatoms. The smallest absolute Gasteiger partial charge is 0.313 e. The minimum Gasteiger partial charge on any atom is -0.481 e. The van der Waals surface area contributed by atoms with Crippen LogP contribution in [0.25, 0.3) is 0 Å². The number of carbonyl (C=O) groups is 1. The van der Waals surface area contributed by atoms with E-state index in [0.29, 0.717) is 13.0 Å². The van der Waals surface area contributed by atoms with Gasteiger partial charge in [-0.25, -0.2) is 8.78 Å². The molecule has 17 heavy (non-hydrogen) atoms. The van der Waals surface area contributed by atoms with E-state index in [2.05, 4.69) is 0 Å².